The van der Waals surface area contributed by atoms with Crippen LogP contribution in [0.4, 0.5) is 24.9 Å². The van der Waals surface area contributed by atoms with E-state index in [2.05, 4.69) is 30.6 Å². The summed E-state index contributed by atoms with van der Waals surface area (Å²) < 4.78 is 38.9. The lowest BCUT2D eigenvalue weighted by atomic mass is 10.1. The standard InChI is InChI=1S/C19H19F3N6O2S/c1-8-13(16-27-11-6-23-3-2-12(11)31-16)15(28-17(25-8)24-7-19(20,21)22)26-10-4-9-5-18(9,30)14(10)29/h2-3,6,9-10,14,29-30H,4-5,7H2,1H3,(H2,24,25,26,28)/t9-,10-,14+,18-/m1/s1. The number of hydrogen-bond donors (Lipinski definition) is 4. The molecule has 2 fully saturated rings. The van der Waals surface area contributed by atoms with E-state index in [0.29, 0.717) is 34.6 Å². The molecule has 3 aromatic heterocycles. The van der Waals surface area contributed by atoms with Crippen molar-refractivity contribution in [2.24, 2.45) is 5.92 Å². The zero-order chi connectivity index (χ0) is 22.0. The lowest BCUT2D eigenvalue weighted by molar-refractivity contribution is -0.115. The van der Waals surface area contributed by atoms with Gasteiger partial charge in [0.2, 0.25) is 5.95 Å². The van der Waals surface area contributed by atoms with Gasteiger partial charge in [-0.15, -0.1) is 11.3 Å². The molecule has 0 bridgehead atoms. The van der Waals surface area contributed by atoms with Gasteiger partial charge in [-0.25, -0.2) is 9.97 Å². The number of aliphatic hydroxyl groups excluding tert-OH is 1. The predicted octanol–water partition coefficient (Wildman–Crippen LogP) is 2.73. The second-order valence-electron chi connectivity index (χ2n) is 8.01. The summed E-state index contributed by atoms with van der Waals surface area (Å²) in [7, 11) is 0. The number of rotatable bonds is 5. The third-order valence-electron chi connectivity index (χ3n) is 5.81. The minimum absolute atomic E-state index is 0.00253. The van der Waals surface area contributed by atoms with Gasteiger partial charge in [0.15, 0.2) is 0 Å². The smallest absolute Gasteiger partial charge is 0.388 e. The maximum absolute atomic E-state index is 12.7. The maximum atomic E-state index is 12.7. The van der Waals surface area contributed by atoms with Crippen molar-refractivity contribution >= 4 is 33.3 Å². The van der Waals surface area contributed by atoms with Crippen LogP contribution in [0.3, 0.4) is 0 Å². The topological polar surface area (TPSA) is 116 Å². The second-order valence-corrected chi connectivity index (χ2v) is 9.04. The molecule has 3 heterocycles. The van der Waals surface area contributed by atoms with E-state index < -0.39 is 30.5 Å². The molecular formula is C19H19F3N6O2S. The molecule has 4 atom stereocenters. The fraction of sp³-hybridized carbons (Fsp3) is 0.474. The van der Waals surface area contributed by atoms with Gasteiger partial charge in [-0.05, 0) is 31.7 Å². The Labute approximate surface area is 178 Å². The van der Waals surface area contributed by atoms with Crippen molar-refractivity contribution in [3.05, 3.63) is 24.2 Å². The van der Waals surface area contributed by atoms with Crippen molar-refractivity contribution in [3.8, 4) is 10.6 Å². The SMILES string of the molecule is Cc1nc(NCC(F)(F)F)nc(N[C@@H]2C[C@@H]3C[C@]3(O)[C@H]2O)c1-c1nc2cnccc2s1. The Morgan fingerprint density at radius 2 is 2.10 bits per heavy atom. The van der Waals surface area contributed by atoms with Crippen LogP contribution in [0.5, 0.6) is 0 Å². The van der Waals surface area contributed by atoms with Crippen molar-refractivity contribution in [2.75, 3.05) is 17.2 Å². The van der Waals surface area contributed by atoms with E-state index in [1.165, 1.54) is 11.3 Å². The number of aliphatic hydroxyl groups is 2. The molecule has 4 N–H and O–H groups in total. The molecule has 0 saturated heterocycles. The monoisotopic (exact) mass is 452 g/mol. The quantitative estimate of drug-likeness (QED) is 0.467. The van der Waals surface area contributed by atoms with Crippen LogP contribution in [-0.2, 0) is 0 Å². The molecule has 0 aliphatic heterocycles. The number of thiazole rings is 1. The normalized spacial score (nSPS) is 27.4. The molecule has 2 saturated carbocycles. The number of anilines is 2. The molecule has 0 amide bonds. The Morgan fingerprint density at radius 3 is 2.77 bits per heavy atom. The lowest BCUT2D eigenvalue weighted by Crippen LogP contribution is -2.39. The molecule has 0 aromatic carbocycles. The first-order valence-electron chi connectivity index (χ1n) is 9.71. The van der Waals surface area contributed by atoms with Crippen molar-refractivity contribution in [3.63, 3.8) is 0 Å². The van der Waals surface area contributed by atoms with Crippen LogP contribution in [0.15, 0.2) is 18.5 Å². The second kappa shape index (κ2) is 6.97. The van der Waals surface area contributed by atoms with Crippen LogP contribution < -0.4 is 10.6 Å². The highest BCUT2D eigenvalue weighted by atomic mass is 32.1. The summed E-state index contributed by atoms with van der Waals surface area (Å²) in [5.41, 5.74) is 0.561. The van der Waals surface area contributed by atoms with E-state index in [0.717, 1.165) is 4.70 Å². The molecule has 2 aliphatic rings. The van der Waals surface area contributed by atoms with Crippen LogP contribution in [0.1, 0.15) is 18.5 Å². The van der Waals surface area contributed by atoms with Gasteiger partial charge >= 0.3 is 6.18 Å². The summed E-state index contributed by atoms with van der Waals surface area (Å²) in [5.74, 6) is 0.0843. The maximum Gasteiger partial charge on any atom is 0.405 e. The van der Waals surface area contributed by atoms with E-state index in [1.807, 2.05) is 6.07 Å². The molecule has 0 spiro atoms. The fourth-order valence-electron chi connectivity index (χ4n) is 4.16. The van der Waals surface area contributed by atoms with Crippen LogP contribution in [0.2, 0.25) is 0 Å². The highest BCUT2D eigenvalue weighted by Crippen LogP contribution is 2.56. The number of aryl methyl sites for hydroxylation is 1. The lowest BCUT2D eigenvalue weighted by Gasteiger charge is -2.24. The van der Waals surface area contributed by atoms with E-state index in [1.54, 1.807) is 19.3 Å². The molecule has 3 aromatic rings. The van der Waals surface area contributed by atoms with Gasteiger partial charge in [-0.3, -0.25) is 4.98 Å². The van der Waals surface area contributed by atoms with E-state index in [9.17, 15) is 23.4 Å². The number of alkyl halides is 3. The molecule has 2 aliphatic carbocycles. The number of nitrogens with one attached hydrogen (secondary N) is 2. The van der Waals surface area contributed by atoms with Crippen LogP contribution in [-0.4, -0.2) is 60.6 Å². The third kappa shape index (κ3) is 3.68. The Kier molecular flexibility index (Phi) is 4.57. The first-order valence-corrected chi connectivity index (χ1v) is 10.5. The molecule has 0 radical (unpaired) electrons. The average molecular weight is 452 g/mol. The minimum atomic E-state index is -4.42. The molecular weight excluding hydrogens is 433 g/mol. The van der Waals surface area contributed by atoms with Crippen molar-refractivity contribution < 1.29 is 23.4 Å². The Bertz CT molecular complexity index is 1120. The zero-order valence-electron chi connectivity index (χ0n) is 16.3. The van der Waals surface area contributed by atoms with Crippen molar-refractivity contribution in [1.82, 2.24) is 19.9 Å². The van der Waals surface area contributed by atoms with E-state index in [-0.39, 0.29) is 17.7 Å². The molecule has 31 heavy (non-hydrogen) atoms. The van der Waals surface area contributed by atoms with Crippen molar-refractivity contribution in [2.45, 2.75) is 43.7 Å². The average Bonchev–Trinajstić information content (AvgIpc) is 3.06. The third-order valence-corrected chi connectivity index (χ3v) is 6.87. The fourth-order valence-corrected chi connectivity index (χ4v) is 5.19. The number of hydrogen-bond acceptors (Lipinski definition) is 9. The Morgan fingerprint density at radius 1 is 1.29 bits per heavy atom. The molecule has 8 nitrogen and oxygen atoms in total. The first-order chi connectivity index (χ1) is 14.6. The van der Waals surface area contributed by atoms with Gasteiger partial charge in [0.25, 0.3) is 0 Å². The van der Waals surface area contributed by atoms with Crippen LogP contribution in [0, 0.1) is 12.8 Å². The molecule has 0 unspecified atom stereocenters. The molecule has 164 valence electrons. The highest BCUT2D eigenvalue weighted by molar-refractivity contribution is 7.21. The van der Waals surface area contributed by atoms with Gasteiger partial charge < -0.3 is 20.8 Å². The number of nitrogens with zero attached hydrogens (tertiary/aromatic N) is 4. The highest BCUT2D eigenvalue weighted by Gasteiger charge is 2.65. The van der Waals surface area contributed by atoms with Gasteiger partial charge in [-0.1, -0.05) is 0 Å². The summed E-state index contributed by atoms with van der Waals surface area (Å²) in [6, 6.07) is 1.34. The Balaban J connectivity index is 1.54. The predicted molar refractivity (Wildman–Crippen MR) is 109 cm³/mol. The summed E-state index contributed by atoms with van der Waals surface area (Å²) in [6.45, 7) is 0.396. The number of pyridine rings is 1. The van der Waals surface area contributed by atoms with Gasteiger partial charge in [0.05, 0.1) is 33.8 Å². The number of halogens is 3. The number of aromatic nitrogens is 4. The number of fused-ring (bicyclic) bond motifs is 2. The summed E-state index contributed by atoms with van der Waals surface area (Å²) in [4.78, 5) is 17.1. The Hall–Kier alpha value is -2.57. The largest absolute Gasteiger partial charge is 0.405 e. The van der Waals surface area contributed by atoms with E-state index in [4.69, 9.17) is 0 Å². The van der Waals surface area contributed by atoms with Gasteiger partial charge in [0.1, 0.15) is 29.0 Å². The van der Waals surface area contributed by atoms with Gasteiger partial charge in [0, 0.05) is 6.20 Å². The van der Waals surface area contributed by atoms with Gasteiger partial charge in [-0.2, -0.15) is 18.2 Å². The molecule has 12 heteroatoms. The van der Waals surface area contributed by atoms with Crippen LogP contribution in [0.25, 0.3) is 20.8 Å². The first kappa shape index (κ1) is 20.3. The summed E-state index contributed by atoms with van der Waals surface area (Å²) >= 11 is 1.39. The summed E-state index contributed by atoms with van der Waals surface area (Å²) in [6.07, 6.45) is -1.05. The van der Waals surface area contributed by atoms with Crippen molar-refractivity contribution in [1.29, 1.82) is 0 Å². The van der Waals surface area contributed by atoms with Crippen LogP contribution >= 0.6 is 11.3 Å². The summed E-state index contributed by atoms with van der Waals surface area (Å²) in [5, 5.41) is 26.8. The zero-order valence-corrected chi connectivity index (χ0v) is 17.1. The minimum Gasteiger partial charge on any atom is -0.388 e. The molecule has 5 rings (SSSR count). The van der Waals surface area contributed by atoms with E-state index >= 15 is 0 Å².